The summed E-state index contributed by atoms with van der Waals surface area (Å²) in [5.41, 5.74) is -0.220. The molecule has 1 amide bonds. The summed E-state index contributed by atoms with van der Waals surface area (Å²) in [6, 6.07) is 7.41. The smallest absolute Gasteiger partial charge is 0.264 e. The number of pyridine rings is 2. The molecule has 0 unspecified atom stereocenters. The lowest BCUT2D eigenvalue weighted by Gasteiger charge is -2.39. The fraction of sp³-hybridized carbons (Fsp3) is 0.433. The van der Waals surface area contributed by atoms with Crippen LogP contribution in [-0.4, -0.2) is 78.9 Å². The number of anilines is 3. The Hall–Kier alpha value is -3.90. The van der Waals surface area contributed by atoms with Crippen LogP contribution >= 0.6 is 0 Å². The van der Waals surface area contributed by atoms with Gasteiger partial charge in [0.25, 0.3) is 17.9 Å². The minimum atomic E-state index is -3.03. The Morgan fingerprint density at radius 1 is 1.07 bits per heavy atom. The molecule has 2 saturated heterocycles. The van der Waals surface area contributed by atoms with E-state index in [1.54, 1.807) is 12.3 Å². The topological polar surface area (TPSA) is 82.9 Å². The van der Waals surface area contributed by atoms with Gasteiger partial charge < -0.3 is 29.3 Å². The van der Waals surface area contributed by atoms with Gasteiger partial charge in [0.05, 0.1) is 29.6 Å². The molecular formula is C30H35F3N6O3. The number of hydrogen-bond acceptors (Lipinski definition) is 7. The third-order valence-corrected chi connectivity index (χ3v) is 8.00. The Bertz CT molecular complexity index is 1510. The van der Waals surface area contributed by atoms with E-state index < -0.39 is 29.3 Å². The molecule has 2 aromatic heterocycles. The summed E-state index contributed by atoms with van der Waals surface area (Å²) in [5, 5.41) is 2.75. The molecule has 1 aromatic carbocycles. The summed E-state index contributed by atoms with van der Waals surface area (Å²) in [6.45, 7) is 7.92. The number of rotatable bonds is 6. The first kappa shape index (κ1) is 29.6. The lowest BCUT2D eigenvalue weighted by molar-refractivity contribution is 0.0529. The molecule has 0 saturated carbocycles. The molecule has 3 aromatic rings. The van der Waals surface area contributed by atoms with Gasteiger partial charge in [-0.3, -0.25) is 9.59 Å². The zero-order valence-corrected chi connectivity index (χ0v) is 24.1. The van der Waals surface area contributed by atoms with E-state index in [1.165, 1.54) is 19.2 Å². The van der Waals surface area contributed by atoms with Crippen molar-refractivity contribution < 1.29 is 22.7 Å². The summed E-state index contributed by atoms with van der Waals surface area (Å²) < 4.78 is 50.0. The van der Waals surface area contributed by atoms with E-state index in [-0.39, 0.29) is 29.0 Å². The Morgan fingerprint density at radius 2 is 1.86 bits per heavy atom. The predicted octanol–water partition coefficient (Wildman–Crippen LogP) is 4.14. The summed E-state index contributed by atoms with van der Waals surface area (Å²) in [4.78, 5) is 36.2. The van der Waals surface area contributed by atoms with Crippen molar-refractivity contribution >= 4 is 23.1 Å². The van der Waals surface area contributed by atoms with Gasteiger partial charge in [0.2, 0.25) is 0 Å². The van der Waals surface area contributed by atoms with Gasteiger partial charge in [-0.2, -0.15) is 0 Å². The molecule has 2 atom stereocenters. The van der Waals surface area contributed by atoms with Crippen LogP contribution in [0.15, 0.2) is 47.5 Å². The number of halogens is 3. The number of benzene rings is 1. The van der Waals surface area contributed by atoms with Gasteiger partial charge in [-0.05, 0) is 45.2 Å². The standard InChI is InChI=1S/C30H35F3N6O3/c1-18-15-38(8-7-36(18)3)26-13-24(31)21(20-5-6-27(34-14-20)39-9-10-42-19(2)16-39)11-25(26)35-30(41)23-17-37(4)28(40)12-22(23)29(32)33/h5-6,11-14,17-19,29H,7-10,15-16H2,1-4H3,(H,35,41)/t18-,19+/m0/s1. The quantitative estimate of drug-likeness (QED) is 0.467. The van der Waals surface area contributed by atoms with E-state index in [2.05, 4.69) is 27.0 Å². The molecule has 42 heavy (non-hydrogen) atoms. The van der Waals surface area contributed by atoms with Crippen LogP contribution in [0.3, 0.4) is 0 Å². The second-order valence-corrected chi connectivity index (χ2v) is 11.0. The molecule has 5 rings (SSSR count). The second-order valence-electron chi connectivity index (χ2n) is 11.0. The normalized spacial score (nSPS) is 19.8. The number of ether oxygens (including phenoxy) is 1. The van der Waals surface area contributed by atoms with Gasteiger partial charge in [-0.1, -0.05) is 0 Å². The number of aryl methyl sites for hydroxylation is 1. The molecule has 9 nitrogen and oxygen atoms in total. The number of alkyl halides is 2. The number of carbonyl (C=O) groups excluding carboxylic acids is 1. The Labute approximate surface area is 242 Å². The molecule has 0 bridgehead atoms. The molecule has 0 spiro atoms. The molecular weight excluding hydrogens is 549 g/mol. The lowest BCUT2D eigenvalue weighted by Crippen LogP contribution is -2.50. The van der Waals surface area contributed by atoms with Gasteiger partial charge in [-0.15, -0.1) is 0 Å². The minimum absolute atomic E-state index is 0.0753. The highest BCUT2D eigenvalue weighted by atomic mass is 19.3. The fourth-order valence-corrected chi connectivity index (χ4v) is 5.38. The number of hydrogen-bond donors (Lipinski definition) is 1. The molecule has 12 heteroatoms. The number of carbonyl (C=O) groups is 1. The number of amides is 1. The summed E-state index contributed by atoms with van der Waals surface area (Å²) >= 11 is 0. The SMILES string of the molecule is C[C@@H]1CN(c2ccc(-c3cc(NC(=O)c4cn(C)c(=O)cc4C(F)F)c(N4CCN(C)[C@@H](C)C4)cc3F)cn2)CCO1. The van der Waals surface area contributed by atoms with Crippen molar-refractivity contribution in [2.45, 2.75) is 32.4 Å². The van der Waals surface area contributed by atoms with Crippen LogP contribution in [0.2, 0.25) is 0 Å². The van der Waals surface area contributed by atoms with Crippen molar-refractivity contribution in [3.63, 3.8) is 0 Å². The van der Waals surface area contributed by atoms with Crippen LogP contribution in [0.5, 0.6) is 0 Å². The molecule has 2 aliphatic heterocycles. The molecule has 1 N–H and O–H groups in total. The van der Waals surface area contributed by atoms with Crippen molar-refractivity contribution in [2.75, 3.05) is 61.5 Å². The molecule has 4 heterocycles. The Morgan fingerprint density at radius 3 is 2.52 bits per heavy atom. The van der Waals surface area contributed by atoms with Gasteiger partial charge >= 0.3 is 0 Å². The molecule has 2 fully saturated rings. The predicted molar refractivity (Wildman–Crippen MR) is 156 cm³/mol. The zero-order valence-electron chi connectivity index (χ0n) is 24.1. The first-order valence-electron chi connectivity index (χ1n) is 13.9. The maximum Gasteiger partial charge on any atom is 0.264 e. The number of morpholine rings is 1. The van der Waals surface area contributed by atoms with Crippen molar-refractivity contribution in [3.8, 4) is 11.1 Å². The lowest BCUT2D eigenvalue weighted by atomic mass is 10.0. The zero-order chi connectivity index (χ0) is 30.1. The summed E-state index contributed by atoms with van der Waals surface area (Å²) in [7, 11) is 3.39. The molecule has 0 radical (unpaired) electrons. The van der Waals surface area contributed by atoms with Crippen LogP contribution < -0.4 is 20.7 Å². The van der Waals surface area contributed by atoms with E-state index in [0.717, 1.165) is 29.2 Å². The van der Waals surface area contributed by atoms with Crippen molar-refractivity contribution in [3.05, 3.63) is 70.0 Å². The highest BCUT2D eigenvalue weighted by Crippen LogP contribution is 2.36. The largest absolute Gasteiger partial charge is 0.375 e. The van der Waals surface area contributed by atoms with Crippen molar-refractivity contribution in [1.29, 1.82) is 0 Å². The van der Waals surface area contributed by atoms with Crippen molar-refractivity contribution in [1.82, 2.24) is 14.5 Å². The monoisotopic (exact) mass is 584 g/mol. The molecule has 2 aliphatic rings. The van der Waals surface area contributed by atoms with Crippen LogP contribution in [0, 0.1) is 5.82 Å². The highest BCUT2D eigenvalue weighted by Gasteiger charge is 2.27. The Kier molecular flexibility index (Phi) is 8.55. The van der Waals surface area contributed by atoms with Gasteiger partial charge in [0, 0.05) is 81.0 Å². The first-order valence-corrected chi connectivity index (χ1v) is 13.9. The number of nitrogens with zero attached hydrogens (tertiary/aromatic N) is 5. The molecule has 224 valence electrons. The van der Waals surface area contributed by atoms with E-state index in [0.29, 0.717) is 44.0 Å². The highest BCUT2D eigenvalue weighted by molar-refractivity contribution is 6.07. The number of piperazine rings is 1. The Balaban J connectivity index is 1.53. The van der Waals surface area contributed by atoms with E-state index in [4.69, 9.17) is 4.74 Å². The average Bonchev–Trinajstić information content (AvgIpc) is 2.96. The maximum atomic E-state index is 15.7. The number of likely N-dealkylation sites (N-methyl/N-ethyl adjacent to an activating group) is 1. The van der Waals surface area contributed by atoms with Crippen LogP contribution in [0.4, 0.5) is 30.4 Å². The van der Waals surface area contributed by atoms with Gasteiger partial charge in [0.15, 0.2) is 0 Å². The van der Waals surface area contributed by atoms with Gasteiger partial charge in [-0.25, -0.2) is 18.2 Å². The van der Waals surface area contributed by atoms with E-state index in [1.807, 2.05) is 24.9 Å². The molecule has 0 aliphatic carbocycles. The van der Waals surface area contributed by atoms with Crippen LogP contribution in [0.1, 0.15) is 36.2 Å². The first-order chi connectivity index (χ1) is 20.0. The summed E-state index contributed by atoms with van der Waals surface area (Å²) in [5.74, 6) is -0.573. The third-order valence-electron chi connectivity index (χ3n) is 8.00. The fourth-order valence-electron chi connectivity index (χ4n) is 5.38. The third kappa shape index (κ3) is 6.14. The van der Waals surface area contributed by atoms with Gasteiger partial charge in [0.1, 0.15) is 11.6 Å². The maximum absolute atomic E-state index is 15.7. The summed E-state index contributed by atoms with van der Waals surface area (Å²) in [6.07, 6.45) is -0.276. The second kappa shape index (κ2) is 12.1. The minimum Gasteiger partial charge on any atom is -0.375 e. The van der Waals surface area contributed by atoms with E-state index in [9.17, 15) is 18.4 Å². The van der Waals surface area contributed by atoms with E-state index >= 15 is 4.39 Å². The van der Waals surface area contributed by atoms with Crippen molar-refractivity contribution in [2.24, 2.45) is 7.05 Å². The number of aromatic nitrogens is 2. The van der Waals surface area contributed by atoms with Crippen LogP contribution in [-0.2, 0) is 11.8 Å². The van der Waals surface area contributed by atoms with Crippen LogP contribution in [0.25, 0.3) is 11.1 Å². The average molecular weight is 585 g/mol. The number of nitrogens with one attached hydrogen (secondary N) is 1.